The molecule has 0 radical (unpaired) electrons. The van der Waals surface area contributed by atoms with Gasteiger partial charge in [-0.2, -0.15) is 4.74 Å². The maximum Gasteiger partial charge on any atom is 0.284 e. The van der Waals surface area contributed by atoms with Gasteiger partial charge in [0.1, 0.15) is 5.56 Å². The Hall–Kier alpha value is -2.40. The average molecular weight is 277 g/mol. The summed E-state index contributed by atoms with van der Waals surface area (Å²) in [6, 6.07) is 12.6. The van der Waals surface area contributed by atoms with E-state index in [9.17, 15) is 15.3 Å². The molecule has 0 aliphatic carbocycles. The first-order valence-electron chi connectivity index (χ1n) is 5.38. The van der Waals surface area contributed by atoms with E-state index < -0.39 is 4.92 Å². The molecule has 0 amide bonds. The van der Waals surface area contributed by atoms with Gasteiger partial charge in [-0.05, 0) is 12.1 Å². The fourth-order valence-corrected chi connectivity index (χ4v) is 1.73. The lowest BCUT2D eigenvalue weighted by molar-refractivity contribution is -0.386. The predicted molar refractivity (Wildman–Crippen MR) is 73.0 cm³/mol. The van der Waals surface area contributed by atoms with Gasteiger partial charge in [0.2, 0.25) is 5.69 Å². The van der Waals surface area contributed by atoms with Gasteiger partial charge in [0.15, 0.2) is 6.21 Å². The summed E-state index contributed by atoms with van der Waals surface area (Å²) in [5, 5.41) is 23.0. The van der Waals surface area contributed by atoms with Crippen molar-refractivity contribution in [2.75, 3.05) is 0 Å². The van der Waals surface area contributed by atoms with Crippen molar-refractivity contribution in [3.63, 3.8) is 0 Å². The van der Waals surface area contributed by atoms with Gasteiger partial charge in [-0.25, -0.2) is 0 Å². The van der Waals surface area contributed by atoms with Crippen molar-refractivity contribution < 1.29 is 9.66 Å². The first-order valence-corrected chi connectivity index (χ1v) is 5.76. The van der Waals surface area contributed by atoms with Crippen molar-refractivity contribution in [2.45, 2.75) is 0 Å². The topological polar surface area (TPSA) is 69.2 Å². The first kappa shape index (κ1) is 13.0. The molecule has 0 atom stereocenters. The van der Waals surface area contributed by atoms with Crippen LogP contribution in [0, 0.1) is 15.3 Å². The second-order valence-corrected chi connectivity index (χ2v) is 4.19. The second kappa shape index (κ2) is 5.49. The molecule has 0 aromatic heterocycles. The molecule has 0 aliphatic heterocycles. The Labute approximate surface area is 114 Å². The highest BCUT2D eigenvalue weighted by molar-refractivity contribution is 6.30. The number of para-hydroxylation sites is 1. The van der Waals surface area contributed by atoms with E-state index in [2.05, 4.69) is 0 Å². The fraction of sp³-hybridized carbons (Fsp3) is 0. The molecule has 0 fully saturated rings. The molecule has 0 unspecified atom stereocenters. The Morgan fingerprint density at radius 2 is 1.74 bits per heavy atom. The van der Waals surface area contributed by atoms with E-state index in [1.165, 1.54) is 18.2 Å². The summed E-state index contributed by atoms with van der Waals surface area (Å²) in [5.74, 6) is 0. The van der Waals surface area contributed by atoms with E-state index in [1.54, 1.807) is 30.3 Å². The zero-order valence-corrected chi connectivity index (χ0v) is 10.4. The Morgan fingerprint density at radius 1 is 1.05 bits per heavy atom. The van der Waals surface area contributed by atoms with Crippen molar-refractivity contribution in [3.8, 4) is 0 Å². The molecular formula is C13H9ClN2O3. The summed E-state index contributed by atoms with van der Waals surface area (Å²) in [4.78, 5) is 10.3. The monoisotopic (exact) mass is 276 g/mol. The molecule has 0 aliphatic rings. The molecule has 0 saturated heterocycles. The van der Waals surface area contributed by atoms with Crippen molar-refractivity contribution in [1.29, 1.82) is 0 Å². The zero-order valence-electron chi connectivity index (χ0n) is 9.69. The molecule has 2 aromatic carbocycles. The van der Waals surface area contributed by atoms with Crippen LogP contribution in [0.3, 0.4) is 0 Å². The van der Waals surface area contributed by atoms with Gasteiger partial charge in [-0.3, -0.25) is 10.1 Å². The van der Waals surface area contributed by atoms with Crippen molar-refractivity contribution >= 4 is 29.2 Å². The zero-order chi connectivity index (χ0) is 13.8. The van der Waals surface area contributed by atoms with E-state index in [-0.39, 0.29) is 16.3 Å². The lowest BCUT2D eigenvalue weighted by Crippen LogP contribution is -2.02. The summed E-state index contributed by atoms with van der Waals surface area (Å²) >= 11 is 5.70. The van der Waals surface area contributed by atoms with E-state index in [1.807, 2.05) is 0 Å². The minimum atomic E-state index is -0.573. The number of nitro groups is 1. The van der Waals surface area contributed by atoms with Crippen LogP contribution in [-0.4, -0.2) is 15.9 Å². The predicted octanol–water partition coefficient (Wildman–Crippen LogP) is 3.51. The Morgan fingerprint density at radius 3 is 2.37 bits per heavy atom. The number of benzene rings is 2. The highest BCUT2D eigenvalue weighted by atomic mass is 35.5. The third-order valence-electron chi connectivity index (χ3n) is 2.46. The van der Waals surface area contributed by atoms with Crippen LogP contribution in [0.2, 0.25) is 5.02 Å². The third-order valence-corrected chi connectivity index (χ3v) is 2.69. The molecule has 2 aromatic rings. The maximum atomic E-state index is 11.9. The highest BCUT2D eigenvalue weighted by Crippen LogP contribution is 2.22. The minimum absolute atomic E-state index is 0.202. The summed E-state index contributed by atoms with van der Waals surface area (Å²) in [6.07, 6.45) is 1.16. The van der Waals surface area contributed by atoms with Gasteiger partial charge in [0.25, 0.3) is 5.69 Å². The number of rotatable bonds is 3. The molecule has 0 bridgehead atoms. The normalized spacial score (nSPS) is 11.3. The SMILES string of the molecule is O=[N+]([O-])c1cc(Cl)ccc1/C=[N+](/[O-])c1ccccc1. The van der Waals surface area contributed by atoms with Gasteiger partial charge in [0.05, 0.1) is 4.92 Å². The number of hydrogen-bond acceptors (Lipinski definition) is 3. The number of halogens is 1. The number of hydrogen-bond donors (Lipinski definition) is 0. The van der Waals surface area contributed by atoms with Crippen LogP contribution in [0.5, 0.6) is 0 Å². The van der Waals surface area contributed by atoms with Crippen LogP contribution in [0.15, 0.2) is 48.5 Å². The molecule has 0 saturated carbocycles. The Bertz CT molecular complexity index is 642. The lowest BCUT2D eigenvalue weighted by atomic mass is 10.2. The molecule has 6 heteroatoms. The van der Waals surface area contributed by atoms with E-state index in [4.69, 9.17) is 11.6 Å². The largest absolute Gasteiger partial charge is 0.618 e. The van der Waals surface area contributed by atoms with Crippen LogP contribution in [0.25, 0.3) is 0 Å². The molecule has 0 heterocycles. The van der Waals surface area contributed by atoms with Crippen LogP contribution in [-0.2, 0) is 0 Å². The molecular weight excluding hydrogens is 268 g/mol. The number of nitrogens with zero attached hydrogens (tertiary/aromatic N) is 2. The molecule has 19 heavy (non-hydrogen) atoms. The fourth-order valence-electron chi connectivity index (χ4n) is 1.56. The van der Waals surface area contributed by atoms with E-state index in [0.717, 1.165) is 6.21 Å². The van der Waals surface area contributed by atoms with Crippen molar-refractivity contribution in [1.82, 2.24) is 0 Å². The van der Waals surface area contributed by atoms with Crippen molar-refractivity contribution in [3.05, 3.63) is 74.4 Å². The van der Waals surface area contributed by atoms with Crippen molar-refractivity contribution in [2.24, 2.45) is 0 Å². The molecule has 96 valence electrons. The lowest BCUT2D eigenvalue weighted by Gasteiger charge is -2.03. The van der Waals surface area contributed by atoms with Gasteiger partial charge in [0, 0.05) is 23.2 Å². The second-order valence-electron chi connectivity index (χ2n) is 3.75. The summed E-state index contributed by atoms with van der Waals surface area (Å²) in [7, 11) is 0. The van der Waals surface area contributed by atoms with Crippen LogP contribution in [0.4, 0.5) is 11.4 Å². The van der Waals surface area contributed by atoms with Gasteiger partial charge in [-0.1, -0.05) is 29.8 Å². The van der Waals surface area contributed by atoms with Crippen LogP contribution >= 0.6 is 11.6 Å². The molecule has 0 spiro atoms. The maximum absolute atomic E-state index is 11.9. The first-order chi connectivity index (χ1) is 9.08. The van der Waals surface area contributed by atoms with Crippen LogP contribution in [0.1, 0.15) is 5.56 Å². The smallest absolute Gasteiger partial charge is 0.284 e. The molecule has 0 N–H and O–H groups in total. The molecule has 5 nitrogen and oxygen atoms in total. The minimum Gasteiger partial charge on any atom is -0.618 e. The molecule has 2 rings (SSSR count). The van der Waals surface area contributed by atoms with Gasteiger partial charge >= 0.3 is 0 Å². The quantitative estimate of drug-likeness (QED) is 0.283. The summed E-state index contributed by atoms with van der Waals surface area (Å²) < 4.78 is 0.580. The summed E-state index contributed by atoms with van der Waals surface area (Å²) in [6.45, 7) is 0. The average Bonchev–Trinajstić information content (AvgIpc) is 2.41. The van der Waals surface area contributed by atoms with Gasteiger partial charge in [-0.15, -0.1) is 0 Å². The van der Waals surface area contributed by atoms with E-state index >= 15 is 0 Å². The highest BCUT2D eigenvalue weighted by Gasteiger charge is 2.15. The standard InChI is InChI=1S/C13H9ClN2O3/c14-11-7-6-10(13(8-11)16(18)19)9-15(17)12-4-2-1-3-5-12/h1-9H/b15-9+. The third kappa shape index (κ3) is 3.08. The number of nitro benzene ring substituents is 1. The van der Waals surface area contributed by atoms with Gasteiger partial charge < -0.3 is 5.21 Å². The Balaban J connectivity index is 2.46. The summed E-state index contributed by atoms with van der Waals surface area (Å²) in [5.41, 5.74) is 0.393. The Kier molecular flexibility index (Phi) is 3.77. The van der Waals surface area contributed by atoms with E-state index in [0.29, 0.717) is 10.4 Å². The van der Waals surface area contributed by atoms with Crippen LogP contribution < -0.4 is 0 Å².